The van der Waals surface area contributed by atoms with E-state index in [1.165, 1.54) is 202 Å². The lowest BCUT2D eigenvalue weighted by molar-refractivity contribution is 0.591. The third-order valence-corrected chi connectivity index (χ3v) is 26.8. The fourth-order valence-electron chi connectivity index (χ4n) is 19.8. The van der Waals surface area contributed by atoms with Gasteiger partial charge in [0, 0.05) is 47.0 Å². The molecule has 0 aliphatic heterocycles. The molecule has 0 radical (unpaired) electrons. The first kappa shape index (κ1) is 80.2. The van der Waals surface area contributed by atoms with Gasteiger partial charge >= 0.3 is 0 Å². The first-order chi connectivity index (χ1) is 63.3. The molecule has 4 heteroatoms. The van der Waals surface area contributed by atoms with Gasteiger partial charge in [0.2, 0.25) is 0 Å². The molecule has 0 unspecified atom stereocenters. The number of fused-ring (bicyclic) bond motifs is 1. The zero-order valence-electron chi connectivity index (χ0n) is 74.6. The molecule has 0 N–H and O–H groups in total. The highest BCUT2D eigenvalue weighted by Crippen LogP contribution is 2.51. The highest BCUT2D eigenvalue weighted by molar-refractivity contribution is 6.31. The molecule has 0 aliphatic carbocycles. The van der Waals surface area contributed by atoms with Gasteiger partial charge in [0.05, 0.1) is 22.8 Å². The van der Waals surface area contributed by atoms with Crippen molar-refractivity contribution in [2.45, 2.75) is 78.6 Å². The molecule has 24 aromatic rings. The van der Waals surface area contributed by atoms with E-state index in [1.54, 1.807) is 0 Å². The first-order valence-electron chi connectivity index (χ1n) is 45.3. The van der Waals surface area contributed by atoms with Crippen LogP contribution in [0.2, 0.25) is 0 Å². The van der Waals surface area contributed by atoms with Crippen LogP contribution < -0.4 is 0 Å². The number of aromatic nitrogens is 4. The molecule has 0 bridgehead atoms. The Bertz CT molecular complexity index is 8150. The van der Waals surface area contributed by atoms with Crippen LogP contribution in [0.25, 0.3) is 231 Å². The summed E-state index contributed by atoms with van der Waals surface area (Å²) in [5.74, 6) is 0. The van der Waals surface area contributed by atoms with Crippen molar-refractivity contribution in [3.63, 3.8) is 0 Å². The lowest BCUT2D eigenvalue weighted by Gasteiger charge is -2.23. The van der Waals surface area contributed by atoms with Crippen LogP contribution in [0.15, 0.2) is 419 Å². The summed E-state index contributed by atoms with van der Waals surface area (Å²) in [6, 6.07) is 144. The van der Waals surface area contributed by atoms with Crippen LogP contribution in [0.4, 0.5) is 0 Å². The summed E-state index contributed by atoms with van der Waals surface area (Å²) < 4.78 is 0. The quantitative estimate of drug-likeness (QED) is 0.121. The van der Waals surface area contributed by atoms with Gasteiger partial charge in [0.1, 0.15) is 0 Å². The van der Waals surface area contributed by atoms with E-state index in [9.17, 15) is 0 Å². The summed E-state index contributed by atoms with van der Waals surface area (Å²) in [4.78, 5) is 18.4. The summed E-state index contributed by atoms with van der Waals surface area (Å²) in [5.41, 5.74) is 30.0. The van der Waals surface area contributed by atoms with Gasteiger partial charge in [-0.3, -0.25) is 19.9 Å². The minimum atomic E-state index is 0.0714. The smallest absolute Gasteiger partial charge is 0.0708 e. The fraction of sp³-hybridized carbons (Fsp3) is 0.0952. The van der Waals surface area contributed by atoms with Crippen molar-refractivity contribution >= 4 is 108 Å². The molecule has 0 aliphatic rings. The van der Waals surface area contributed by atoms with Crippen LogP contribution in [-0.2, 0) is 16.2 Å². The fourth-order valence-corrected chi connectivity index (χ4v) is 19.8. The molecule has 0 amide bonds. The molecule has 620 valence electrons. The van der Waals surface area contributed by atoms with E-state index in [2.05, 4.69) is 429 Å². The predicted octanol–water partition coefficient (Wildman–Crippen LogP) is 34.7. The van der Waals surface area contributed by atoms with E-state index >= 15 is 0 Å². The highest BCUT2D eigenvalue weighted by Gasteiger charge is 2.26. The van der Waals surface area contributed by atoms with Crippen LogP contribution in [-0.4, -0.2) is 19.9 Å². The Morgan fingerprint density at radius 3 is 0.700 bits per heavy atom. The summed E-state index contributed by atoms with van der Waals surface area (Å²) in [6.45, 7) is 20.6. The second kappa shape index (κ2) is 32.4. The Balaban J connectivity index is 0.000000115. The lowest BCUT2D eigenvalue weighted by Crippen LogP contribution is -2.10. The van der Waals surface area contributed by atoms with Gasteiger partial charge in [0.15, 0.2) is 0 Å². The largest absolute Gasteiger partial charge is 0.256 e. The molecule has 0 fully saturated rings. The van der Waals surface area contributed by atoms with E-state index in [1.807, 2.05) is 67.3 Å². The molecule has 0 saturated heterocycles. The van der Waals surface area contributed by atoms with Gasteiger partial charge < -0.3 is 0 Å². The first-order valence-corrected chi connectivity index (χ1v) is 45.3. The van der Waals surface area contributed by atoms with Crippen LogP contribution in [0.5, 0.6) is 0 Å². The molecular formula is C126H96N4. The summed E-state index contributed by atoms with van der Waals surface area (Å²) in [5, 5.41) is 26.0. The maximum atomic E-state index is 4.76. The van der Waals surface area contributed by atoms with Crippen molar-refractivity contribution in [1.29, 1.82) is 0 Å². The maximum absolute atomic E-state index is 4.76. The predicted molar refractivity (Wildman–Crippen MR) is 555 cm³/mol. The second-order valence-corrected chi connectivity index (χ2v) is 38.0. The Morgan fingerprint density at radius 1 is 0.146 bits per heavy atom. The molecule has 0 saturated carbocycles. The van der Waals surface area contributed by atoms with Gasteiger partial charge in [-0.25, -0.2) is 0 Å². The molecule has 4 heterocycles. The molecule has 4 nitrogen and oxygen atoms in total. The third-order valence-electron chi connectivity index (χ3n) is 26.8. The zero-order valence-corrected chi connectivity index (χ0v) is 74.6. The molecule has 24 rings (SSSR count). The standard InChI is InChI=1S/C47H35N.C43H33N.C36H28N2/c1-47(2,3)37-27-35-22-24-40-42(32-16-14-31(15-17-32)39-12-8-10-30-9-4-5-11-38(30)39)29-43(41-25-23-36(28-37)45(35)46(40)41)33-18-20-34(21-19-33)44-13-6-7-26-48-44;1-43(2,3)35-25-33-20-22-36-38(30-14-12-29(13-15-30)28-9-5-4-6-10-28)27-39(37-23-21-34(26-35)41(33)42(36)37)31-16-18-32(19-17-31)40-11-7-8-24-44-40;1-36(2,3)27-20-25-14-16-28-30(23-10-12-24(13-11-23)32-8-4-6-18-37-32)22-31(33-9-5-7-19-38-33)29-17-15-26(21-27)34(25)35(28)29/h4-29H,1-3H3;4-27H,1-3H3;4-22H,1-3H3. The molecule has 130 heavy (non-hydrogen) atoms. The average Bonchev–Trinajstić information content (AvgIpc) is 0.724. The van der Waals surface area contributed by atoms with E-state index < -0.39 is 0 Å². The number of nitrogens with zero attached hydrogens (tertiary/aromatic N) is 4. The average molecular weight is 1670 g/mol. The Morgan fingerprint density at radius 2 is 0.392 bits per heavy atom. The SMILES string of the molecule is CC(C)(C)c1cc2ccc3c(-c4ccc(-c5ccccc5)cc4)cc(-c4ccc(-c5ccccn5)cc4)c4ccc(c1)c2c34.CC(C)(C)c1cc2ccc3c(-c4ccc(-c5ccccn5)cc4)cc(-c4ccc(-c5cccc6ccccc56)cc4)c4ccc(c1)c2c34.CC(C)(C)c1cc2ccc3c(-c4ccc(-c5ccccn5)cc4)cc(-c4ccccn4)c4ccc(c1)c2c34. The molecule has 20 aromatic carbocycles. The summed E-state index contributed by atoms with van der Waals surface area (Å²) in [6.07, 6.45) is 7.43. The van der Waals surface area contributed by atoms with E-state index in [4.69, 9.17) is 4.98 Å². The topological polar surface area (TPSA) is 51.6 Å². The van der Waals surface area contributed by atoms with Gasteiger partial charge in [-0.2, -0.15) is 0 Å². The zero-order chi connectivity index (χ0) is 88.1. The number of pyridine rings is 4. The van der Waals surface area contributed by atoms with E-state index in [-0.39, 0.29) is 16.2 Å². The molecular weight excluding hydrogens is 1570 g/mol. The van der Waals surface area contributed by atoms with Gasteiger partial charge in [-0.05, 0) is 285 Å². The minimum absolute atomic E-state index is 0.0714. The van der Waals surface area contributed by atoms with Crippen molar-refractivity contribution < 1.29 is 0 Å². The second-order valence-electron chi connectivity index (χ2n) is 38.0. The van der Waals surface area contributed by atoms with Crippen LogP contribution >= 0.6 is 0 Å². The van der Waals surface area contributed by atoms with Gasteiger partial charge in [-0.1, -0.05) is 390 Å². The Hall–Kier alpha value is -15.6. The summed E-state index contributed by atoms with van der Waals surface area (Å²) in [7, 11) is 0. The number of hydrogen-bond donors (Lipinski definition) is 0. The summed E-state index contributed by atoms with van der Waals surface area (Å²) >= 11 is 0. The highest BCUT2D eigenvalue weighted by atomic mass is 14.7. The number of rotatable bonds is 11. The van der Waals surface area contributed by atoms with Crippen molar-refractivity contribution in [3.05, 3.63) is 436 Å². The Labute approximate surface area is 759 Å². The van der Waals surface area contributed by atoms with Crippen LogP contribution in [0.1, 0.15) is 79.0 Å². The lowest BCUT2D eigenvalue weighted by atomic mass is 9.81. The van der Waals surface area contributed by atoms with Gasteiger partial charge in [-0.15, -0.1) is 0 Å². The number of hydrogen-bond acceptors (Lipinski definition) is 4. The molecule has 4 aromatic heterocycles. The monoisotopic (exact) mass is 1660 g/mol. The van der Waals surface area contributed by atoms with Crippen molar-refractivity contribution in [2.75, 3.05) is 0 Å². The third kappa shape index (κ3) is 14.8. The van der Waals surface area contributed by atoms with Gasteiger partial charge in [0.25, 0.3) is 0 Å². The van der Waals surface area contributed by atoms with Crippen LogP contribution in [0, 0.1) is 0 Å². The van der Waals surface area contributed by atoms with E-state index in [0.717, 1.165) is 45.0 Å². The van der Waals surface area contributed by atoms with Crippen molar-refractivity contribution in [2.24, 2.45) is 0 Å². The molecule has 0 atom stereocenters. The van der Waals surface area contributed by atoms with Crippen molar-refractivity contribution in [3.8, 4) is 123 Å². The molecule has 0 spiro atoms. The maximum Gasteiger partial charge on any atom is 0.0708 e. The number of benzene rings is 20. The van der Waals surface area contributed by atoms with Crippen molar-refractivity contribution in [1.82, 2.24) is 19.9 Å². The normalized spacial score (nSPS) is 12.0. The minimum Gasteiger partial charge on any atom is -0.256 e. The van der Waals surface area contributed by atoms with E-state index in [0.29, 0.717) is 0 Å². The van der Waals surface area contributed by atoms with Crippen LogP contribution in [0.3, 0.4) is 0 Å². The Kier molecular flexibility index (Phi) is 20.0.